The summed E-state index contributed by atoms with van der Waals surface area (Å²) in [5.74, 6) is 1.16. The summed E-state index contributed by atoms with van der Waals surface area (Å²) >= 11 is 0. The Morgan fingerprint density at radius 3 is 2.75 bits per heavy atom. The van der Waals surface area contributed by atoms with Gasteiger partial charge >= 0.3 is 0 Å². The highest BCUT2D eigenvalue weighted by Gasteiger charge is 2.14. The van der Waals surface area contributed by atoms with Crippen molar-refractivity contribution in [2.75, 3.05) is 5.73 Å². The van der Waals surface area contributed by atoms with Gasteiger partial charge < -0.3 is 10.3 Å². The molecule has 0 fully saturated rings. The molecule has 0 radical (unpaired) electrons. The number of nitrogens with zero attached hydrogens (tertiary/aromatic N) is 4. The fourth-order valence-electron chi connectivity index (χ4n) is 1.91. The number of aryl methyl sites for hydroxylation is 1. The second-order valence-corrected chi connectivity index (χ2v) is 4.41. The van der Waals surface area contributed by atoms with Crippen LogP contribution in [0, 0.1) is 6.92 Å². The predicted octanol–water partition coefficient (Wildman–Crippen LogP) is 2.01. The van der Waals surface area contributed by atoms with Crippen molar-refractivity contribution in [1.29, 1.82) is 0 Å². The van der Waals surface area contributed by atoms with E-state index in [2.05, 4.69) is 33.1 Å². The van der Waals surface area contributed by atoms with E-state index in [4.69, 9.17) is 10.3 Å². The molecule has 3 rings (SSSR count). The number of nitrogens with two attached hydrogens (primary N) is 1. The van der Waals surface area contributed by atoms with Crippen LogP contribution in [0.5, 0.6) is 0 Å². The van der Waals surface area contributed by atoms with Crippen LogP contribution in [0.4, 0.5) is 5.82 Å². The Morgan fingerprint density at radius 1 is 1.15 bits per heavy atom. The lowest BCUT2D eigenvalue weighted by atomic mass is 10.1. The van der Waals surface area contributed by atoms with Gasteiger partial charge in [0.2, 0.25) is 0 Å². The number of aromatic nitrogens is 4. The van der Waals surface area contributed by atoms with Gasteiger partial charge in [-0.25, -0.2) is 9.97 Å². The molecule has 0 atom stereocenters. The molecule has 6 nitrogen and oxygen atoms in total. The first-order chi connectivity index (χ1) is 9.74. The molecule has 2 aromatic heterocycles. The summed E-state index contributed by atoms with van der Waals surface area (Å²) in [5, 5.41) is 3.96. The topological polar surface area (TPSA) is 90.7 Å². The van der Waals surface area contributed by atoms with Crippen molar-refractivity contribution in [2.24, 2.45) is 0 Å². The van der Waals surface area contributed by atoms with Gasteiger partial charge in [-0.1, -0.05) is 29.4 Å². The Hall–Kier alpha value is -2.76. The monoisotopic (exact) mass is 267 g/mol. The number of hydrogen-bond acceptors (Lipinski definition) is 6. The fraction of sp³-hybridized carbons (Fsp3) is 0.143. The van der Waals surface area contributed by atoms with Crippen molar-refractivity contribution in [1.82, 2.24) is 20.1 Å². The number of benzene rings is 1. The van der Waals surface area contributed by atoms with Crippen molar-refractivity contribution in [3.8, 4) is 11.6 Å². The van der Waals surface area contributed by atoms with Crippen LogP contribution in [-0.2, 0) is 6.42 Å². The molecule has 0 aliphatic carbocycles. The smallest absolute Gasteiger partial charge is 0.280 e. The van der Waals surface area contributed by atoms with Gasteiger partial charge in [-0.2, -0.15) is 4.98 Å². The Labute approximate surface area is 115 Å². The largest absolute Gasteiger partial charge is 0.382 e. The lowest BCUT2D eigenvalue weighted by Crippen LogP contribution is -1.97. The van der Waals surface area contributed by atoms with Crippen molar-refractivity contribution in [3.05, 3.63) is 53.6 Å². The molecule has 6 heteroatoms. The van der Waals surface area contributed by atoms with Crippen LogP contribution in [0.3, 0.4) is 0 Å². The van der Waals surface area contributed by atoms with Gasteiger partial charge in [0.05, 0.1) is 0 Å². The molecule has 20 heavy (non-hydrogen) atoms. The average molecular weight is 267 g/mol. The molecule has 0 spiro atoms. The minimum Gasteiger partial charge on any atom is -0.382 e. The molecule has 0 saturated carbocycles. The molecule has 1 aromatic carbocycles. The van der Waals surface area contributed by atoms with Crippen LogP contribution in [0.1, 0.15) is 17.0 Å². The standard InChI is InChI=1S/C14H13N5O/c1-9-4-2-3-5-10(9)8-11-18-14(20-19-11)12-13(15)17-7-6-16-12/h2-7H,8H2,1H3,(H2,15,17). The molecule has 0 amide bonds. The van der Waals surface area contributed by atoms with E-state index in [0.29, 0.717) is 23.8 Å². The highest BCUT2D eigenvalue weighted by molar-refractivity contribution is 5.61. The molecular weight excluding hydrogens is 254 g/mol. The van der Waals surface area contributed by atoms with Gasteiger partial charge in [0.1, 0.15) is 0 Å². The average Bonchev–Trinajstić information content (AvgIpc) is 2.90. The third-order valence-electron chi connectivity index (χ3n) is 3.01. The second-order valence-electron chi connectivity index (χ2n) is 4.41. The molecule has 0 aliphatic rings. The summed E-state index contributed by atoms with van der Waals surface area (Å²) in [6.45, 7) is 2.05. The Morgan fingerprint density at radius 2 is 1.95 bits per heavy atom. The van der Waals surface area contributed by atoms with Crippen LogP contribution in [0.25, 0.3) is 11.6 Å². The Kier molecular flexibility index (Phi) is 3.12. The summed E-state index contributed by atoms with van der Waals surface area (Å²) in [6, 6.07) is 8.09. The van der Waals surface area contributed by atoms with Gasteiger partial charge in [0.15, 0.2) is 17.3 Å². The maximum Gasteiger partial charge on any atom is 0.280 e. The molecule has 0 saturated heterocycles. The molecule has 3 aromatic rings. The van der Waals surface area contributed by atoms with Crippen LogP contribution in [0.2, 0.25) is 0 Å². The van der Waals surface area contributed by atoms with Crippen LogP contribution < -0.4 is 5.73 Å². The minimum atomic E-state index is 0.276. The SMILES string of the molecule is Cc1ccccc1Cc1noc(-c2nccnc2N)n1. The highest BCUT2D eigenvalue weighted by Crippen LogP contribution is 2.20. The first-order valence-corrected chi connectivity index (χ1v) is 6.18. The van der Waals surface area contributed by atoms with Gasteiger partial charge in [-0.05, 0) is 18.1 Å². The van der Waals surface area contributed by atoms with Crippen molar-refractivity contribution < 1.29 is 4.52 Å². The molecule has 0 bridgehead atoms. The summed E-state index contributed by atoms with van der Waals surface area (Å²) < 4.78 is 5.20. The fourth-order valence-corrected chi connectivity index (χ4v) is 1.91. The van der Waals surface area contributed by atoms with Crippen molar-refractivity contribution in [3.63, 3.8) is 0 Å². The highest BCUT2D eigenvalue weighted by atomic mass is 16.5. The van der Waals surface area contributed by atoms with E-state index in [-0.39, 0.29) is 5.82 Å². The zero-order valence-electron chi connectivity index (χ0n) is 10.9. The van der Waals surface area contributed by atoms with Gasteiger partial charge in [-0.3, -0.25) is 0 Å². The third kappa shape index (κ3) is 2.35. The summed E-state index contributed by atoms with van der Waals surface area (Å²) in [7, 11) is 0. The number of nitrogen functional groups attached to an aromatic ring is 1. The number of hydrogen-bond donors (Lipinski definition) is 1. The number of rotatable bonds is 3. The molecule has 100 valence electrons. The lowest BCUT2D eigenvalue weighted by molar-refractivity contribution is 0.422. The lowest BCUT2D eigenvalue weighted by Gasteiger charge is -2.00. The normalized spacial score (nSPS) is 10.7. The Balaban J connectivity index is 1.88. The third-order valence-corrected chi connectivity index (χ3v) is 3.01. The van der Waals surface area contributed by atoms with E-state index in [1.165, 1.54) is 18.0 Å². The van der Waals surface area contributed by atoms with Crippen LogP contribution >= 0.6 is 0 Å². The van der Waals surface area contributed by atoms with E-state index < -0.39 is 0 Å². The molecule has 0 aliphatic heterocycles. The Bertz CT molecular complexity index is 738. The first kappa shape index (κ1) is 12.3. The van der Waals surface area contributed by atoms with E-state index in [1.807, 2.05) is 18.2 Å². The van der Waals surface area contributed by atoms with E-state index in [0.717, 1.165) is 5.56 Å². The van der Waals surface area contributed by atoms with Crippen molar-refractivity contribution >= 4 is 5.82 Å². The zero-order chi connectivity index (χ0) is 13.9. The molecule has 2 N–H and O–H groups in total. The van der Waals surface area contributed by atoms with Gasteiger partial charge in [-0.15, -0.1) is 0 Å². The van der Waals surface area contributed by atoms with E-state index in [9.17, 15) is 0 Å². The summed E-state index contributed by atoms with van der Waals surface area (Å²) in [6.07, 6.45) is 3.66. The van der Waals surface area contributed by atoms with Gasteiger partial charge in [0, 0.05) is 18.8 Å². The molecular formula is C14H13N5O. The summed E-state index contributed by atoms with van der Waals surface area (Å²) in [4.78, 5) is 12.4. The second kappa shape index (κ2) is 5.08. The summed E-state index contributed by atoms with van der Waals surface area (Å²) in [5.41, 5.74) is 8.50. The number of anilines is 1. The quantitative estimate of drug-likeness (QED) is 0.780. The molecule has 0 unspecified atom stereocenters. The van der Waals surface area contributed by atoms with Crippen LogP contribution in [-0.4, -0.2) is 20.1 Å². The first-order valence-electron chi connectivity index (χ1n) is 6.18. The maximum absolute atomic E-state index is 5.74. The van der Waals surface area contributed by atoms with Gasteiger partial charge in [0.25, 0.3) is 5.89 Å². The molecule has 2 heterocycles. The van der Waals surface area contributed by atoms with E-state index >= 15 is 0 Å². The van der Waals surface area contributed by atoms with Crippen LogP contribution in [0.15, 0.2) is 41.2 Å². The van der Waals surface area contributed by atoms with E-state index in [1.54, 1.807) is 0 Å². The zero-order valence-corrected chi connectivity index (χ0v) is 10.9. The van der Waals surface area contributed by atoms with Crippen molar-refractivity contribution in [2.45, 2.75) is 13.3 Å². The predicted molar refractivity (Wildman–Crippen MR) is 73.7 cm³/mol. The maximum atomic E-state index is 5.74. The minimum absolute atomic E-state index is 0.276.